The summed E-state index contributed by atoms with van der Waals surface area (Å²) in [6, 6.07) is 0. The first kappa shape index (κ1) is 7.01. The highest BCUT2D eigenvalue weighted by Gasteiger charge is 1.92. The van der Waals surface area contributed by atoms with Crippen molar-refractivity contribution in [3.63, 3.8) is 0 Å². The third kappa shape index (κ3) is 1.64. The third-order valence-corrected chi connectivity index (χ3v) is 0.829. The van der Waals surface area contributed by atoms with Gasteiger partial charge in [-0.25, -0.2) is 0 Å². The molecule has 0 amide bonds. The molecule has 0 unspecified atom stereocenters. The fourth-order valence-corrected chi connectivity index (χ4v) is 0.296. The molecule has 8 heavy (non-hydrogen) atoms. The number of nitrogens with two attached hydrogens (primary N) is 2. The molecule has 0 saturated heterocycles. The summed E-state index contributed by atoms with van der Waals surface area (Å²) in [5, 5.41) is 6.97. The average molecular weight is 113 g/mol. The predicted octanol–water partition coefficient (Wildman–Crippen LogP) is 0.175. The van der Waals surface area contributed by atoms with E-state index in [0.717, 1.165) is 0 Å². The van der Waals surface area contributed by atoms with Gasteiger partial charge in [-0.2, -0.15) is 0 Å². The predicted molar refractivity (Wildman–Crippen MR) is 34.5 cm³/mol. The third-order valence-electron chi connectivity index (χ3n) is 0.829. The smallest absolute Gasteiger partial charge is 0.0710 e. The van der Waals surface area contributed by atoms with Crippen LogP contribution in [0.1, 0.15) is 13.8 Å². The van der Waals surface area contributed by atoms with Gasteiger partial charge in [0.2, 0.25) is 0 Å². The van der Waals surface area contributed by atoms with Gasteiger partial charge in [0.1, 0.15) is 0 Å². The minimum atomic E-state index is 0.324. The van der Waals surface area contributed by atoms with E-state index in [1.54, 1.807) is 13.8 Å². The molecule has 0 saturated carbocycles. The zero-order valence-electron chi connectivity index (χ0n) is 5.15. The average Bonchev–Trinajstić information content (AvgIpc) is 1.64. The van der Waals surface area contributed by atoms with Gasteiger partial charge in [-0.3, -0.25) is 0 Å². The van der Waals surface area contributed by atoms with Crippen LogP contribution in [0.3, 0.4) is 0 Å². The van der Waals surface area contributed by atoms with Crippen molar-refractivity contribution in [2.24, 2.45) is 11.5 Å². The van der Waals surface area contributed by atoms with E-state index in [1.165, 1.54) is 0 Å². The largest absolute Gasteiger partial charge is 0.401 e. The Morgan fingerprint density at radius 2 is 1.62 bits per heavy atom. The summed E-state index contributed by atoms with van der Waals surface area (Å²) in [6.45, 7) is 3.28. The zero-order chi connectivity index (χ0) is 6.73. The van der Waals surface area contributed by atoms with Crippen molar-refractivity contribution in [3.05, 3.63) is 11.4 Å². The van der Waals surface area contributed by atoms with Crippen LogP contribution >= 0.6 is 0 Å². The molecule has 0 aromatic rings. The van der Waals surface area contributed by atoms with E-state index in [9.17, 15) is 0 Å². The van der Waals surface area contributed by atoms with E-state index >= 15 is 0 Å². The van der Waals surface area contributed by atoms with Crippen LogP contribution in [-0.2, 0) is 0 Å². The van der Waals surface area contributed by atoms with Gasteiger partial charge < -0.3 is 16.9 Å². The summed E-state index contributed by atoms with van der Waals surface area (Å²) >= 11 is 0. The van der Waals surface area contributed by atoms with Gasteiger partial charge >= 0.3 is 0 Å². The Balaban J connectivity index is 4.23. The first-order chi connectivity index (χ1) is 3.55. The van der Waals surface area contributed by atoms with Crippen molar-refractivity contribution >= 4 is 5.71 Å². The van der Waals surface area contributed by atoms with E-state index in [-0.39, 0.29) is 0 Å². The van der Waals surface area contributed by atoms with E-state index in [1.807, 2.05) is 0 Å². The van der Waals surface area contributed by atoms with Crippen molar-refractivity contribution < 1.29 is 0 Å². The minimum Gasteiger partial charge on any atom is -0.401 e. The highest BCUT2D eigenvalue weighted by molar-refractivity contribution is 5.95. The molecule has 0 aliphatic carbocycles. The van der Waals surface area contributed by atoms with Gasteiger partial charge in [0.25, 0.3) is 0 Å². The molecule has 0 aliphatic rings. The topological polar surface area (TPSA) is 75.9 Å². The lowest BCUT2D eigenvalue weighted by molar-refractivity contribution is 1.21. The SMILES string of the molecule is CC(=N)/C(N)=C(/C)N. The van der Waals surface area contributed by atoms with E-state index < -0.39 is 0 Å². The molecule has 46 valence electrons. The summed E-state index contributed by atoms with van der Waals surface area (Å²) in [5.74, 6) is 0. The molecule has 0 radical (unpaired) electrons. The standard InChI is InChI=1S/C5H11N3/c1-3(6)5(8)4(2)7/h6H,7-8H2,1-2H3/b5-4+,6-3?. The molecule has 0 fully saturated rings. The van der Waals surface area contributed by atoms with Crippen LogP contribution in [0.4, 0.5) is 0 Å². The lowest BCUT2D eigenvalue weighted by Gasteiger charge is -1.97. The van der Waals surface area contributed by atoms with Crippen LogP contribution in [0.2, 0.25) is 0 Å². The Morgan fingerprint density at radius 1 is 1.25 bits per heavy atom. The maximum Gasteiger partial charge on any atom is 0.0710 e. The Kier molecular flexibility index (Phi) is 2.06. The molecule has 0 aliphatic heterocycles. The van der Waals surface area contributed by atoms with Gasteiger partial charge in [0.15, 0.2) is 0 Å². The number of allylic oxidation sites excluding steroid dienone is 2. The van der Waals surface area contributed by atoms with Crippen LogP contribution in [0, 0.1) is 5.41 Å². The summed E-state index contributed by atoms with van der Waals surface area (Å²) in [6.07, 6.45) is 0. The summed E-state index contributed by atoms with van der Waals surface area (Å²) in [5.41, 5.74) is 11.8. The molecule has 0 atom stereocenters. The Hall–Kier alpha value is -0.990. The summed E-state index contributed by atoms with van der Waals surface area (Å²) in [4.78, 5) is 0. The van der Waals surface area contributed by atoms with Crippen LogP contribution < -0.4 is 11.5 Å². The maximum atomic E-state index is 6.97. The minimum absolute atomic E-state index is 0.324. The van der Waals surface area contributed by atoms with E-state index in [0.29, 0.717) is 17.1 Å². The van der Waals surface area contributed by atoms with Crippen molar-refractivity contribution in [2.45, 2.75) is 13.8 Å². The van der Waals surface area contributed by atoms with E-state index in [4.69, 9.17) is 16.9 Å². The lowest BCUT2D eigenvalue weighted by atomic mass is 10.3. The van der Waals surface area contributed by atoms with Crippen LogP contribution in [0.5, 0.6) is 0 Å². The number of nitrogens with one attached hydrogen (secondary N) is 1. The summed E-state index contributed by atoms with van der Waals surface area (Å²) in [7, 11) is 0. The van der Waals surface area contributed by atoms with Gasteiger partial charge in [0, 0.05) is 5.70 Å². The zero-order valence-corrected chi connectivity index (χ0v) is 5.15. The molecule has 3 heteroatoms. The van der Waals surface area contributed by atoms with Crippen molar-refractivity contribution in [1.29, 1.82) is 5.41 Å². The molecular formula is C5H11N3. The molecule has 0 aromatic heterocycles. The first-order valence-corrected chi connectivity index (χ1v) is 2.33. The van der Waals surface area contributed by atoms with Crippen molar-refractivity contribution in [3.8, 4) is 0 Å². The molecule has 5 N–H and O–H groups in total. The molecule has 0 bridgehead atoms. The van der Waals surface area contributed by atoms with Gasteiger partial charge in [-0.05, 0) is 13.8 Å². The Labute approximate surface area is 48.9 Å². The molecular weight excluding hydrogens is 102 g/mol. The quantitative estimate of drug-likeness (QED) is 0.424. The summed E-state index contributed by atoms with van der Waals surface area (Å²) < 4.78 is 0. The van der Waals surface area contributed by atoms with Crippen molar-refractivity contribution in [1.82, 2.24) is 0 Å². The van der Waals surface area contributed by atoms with Crippen LogP contribution in [-0.4, -0.2) is 5.71 Å². The Bertz CT molecular complexity index is 131. The highest BCUT2D eigenvalue weighted by atomic mass is 14.7. The fraction of sp³-hybridized carbons (Fsp3) is 0.400. The second-order valence-corrected chi connectivity index (χ2v) is 1.72. The van der Waals surface area contributed by atoms with Crippen molar-refractivity contribution in [2.75, 3.05) is 0 Å². The normalized spacial score (nSPS) is 12.8. The monoisotopic (exact) mass is 113 g/mol. The molecule has 0 heterocycles. The number of hydrogen-bond acceptors (Lipinski definition) is 3. The number of hydrogen-bond donors (Lipinski definition) is 3. The van der Waals surface area contributed by atoms with Gasteiger partial charge in [-0.15, -0.1) is 0 Å². The second-order valence-electron chi connectivity index (χ2n) is 1.72. The highest BCUT2D eigenvalue weighted by Crippen LogP contribution is 1.89. The fourth-order valence-electron chi connectivity index (χ4n) is 0.296. The lowest BCUT2D eigenvalue weighted by Crippen LogP contribution is -2.13. The van der Waals surface area contributed by atoms with Crippen LogP contribution in [0.25, 0.3) is 0 Å². The second kappa shape index (κ2) is 2.35. The van der Waals surface area contributed by atoms with Crippen LogP contribution in [0.15, 0.2) is 11.4 Å². The number of rotatable bonds is 1. The van der Waals surface area contributed by atoms with Gasteiger partial charge in [0.05, 0.1) is 11.4 Å². The molecule has 3 nitrogen and oxygen atoms in total. The first-order valence-electron chi connectivity index (χ1n) is 2.33. The molecule has 0 spiro atoms. The Morgan fingerprint density at radius 3 is 1.62 bits per heavy atom. The molecule has 0 rings (SSSR count). The van der Waals surface area contributed by atoms with E-state index in [2.05, 4.69) is 0 Å². The maximum absolute atomic E-state index is 6.97. The van der Waals surface area contributed by atoms with Gasteiger partial charge in [-0.1, -0.05) is 0 Å². The molecule has 0 aromatic carbocycles.